The van der Waals surface area contributed by atoms with Gasteiger partial charge in [-0.15, -0.1) is 0 Å². The third-order valence-corrected chi connectivity index (χ3v) is 4.32. The molecular weight excluding hydrogens is 231 g/mol. The Labute approximate surface area is 107 Å². The van der Waals surface area contributed by atoms with Crippen LogP contribution in [0.25, 0.3) is 0 Å². The second kappa shape index (κ2) is 4.21. The van der Waals surface area contributed by atoms with Crippen LogP contribution >= 0.6 is 0 Å². The average Bonchev–Trinajstić information content (AvgIpc) is 2.34. The molecule has 0 aromatic heterocycles. The van der Waals surface area contributed by atoms with Gasteiger partial charge in [0.25, 0.3) is 0 Å². The van der Waals surface area contributed by atoms with Gasteiger partial charge in [0.1, 0.15) is 17.2 Å². The molecule has 2 aliphatic heterocycles. The average molecular weight is 250 g/mol. The molecule has 1 fully saturated rings. The van der Waals surface area contributed by atoms with Crippen molar-refractivity contribution in [2.75, 3.05) is 13.1 Å². The topological polar surface area (TPSA) is 47.3 Å². The molecule has 1 aromatic carbocycles. The Hall–Kier alpha value is -1.13. The molecule has 0 aliphatic carbocycles. The number of hydrogen-bond donors (Lipinski definition) is 2. The van der Waals surface area contributed by atoms with Crippen LogP contribution in [-0.4, -0.2) is 18.7 Å². The van der Waals surface area contributed by atoms with Gasteiger partial charge in [0, 0.05) is 30.5 Å². The molecule has 1 saturated heterocycles. The van der Waals surface area contributed by atoms with Gasteiger partial charge in [-0.1, -0.05) is 6.92 Å². The van der Waals surface area contributed by atoms with E-state index in [9.17, 15) is 4.39 Å². The molecule has 0 amide bonds. The van der Waals surface area contributed by atoms with Crippen LogP contribution in [0.15, 0.2) is 18.2 Å². The van der Waals surface area contributed by atoms with Crippen molar-refractivity contribution in [2.24, 2.45) is 11.7 Å². The zero-order chi connectivity index (χ0) is 12.8. The van der Waals surface area contributed by atoms with E-state index >= 15 is 0 Å². The summed E-state index contributed by atoms with van der Waals surface area (Å²) < 4.78 is 19.5. The van der Waals surface area contributed by atoms with Gasteiger partial charge < -0.3 is 15.8 Å². The van der Waals surface area contributed by atoms with Crippen molar-refractivity contribution in [1.82, 2.24) is 5.32 Å². The number of rotatable bonds is 0. The van der Waals surface area contributed by atoms with Crippen LogP contribution in [-0.2, 0) is 0 Å². The van der Waals surface area contributed by atoms with Crippen LogP contribution in [0.3, 0.4) is 0 Å². The maximum atomic E-state index is 13.3. The summed E-state index contributed by atoms with van der Waals surface area (Å²) in [4.78, 5) is 0. The van der Waals surface area contributed by atoms with E-state index < -0.39 is 0 Å². The number of ether oxygens (including phenoxy) is 1. The Morgan fingerprint density at radius 3 is 3.11 bits per heavy atom. The van der Waals surface area contributed by atoms with Crippen LogP contribution in [0.2, 0.25) is 0 Å². The van der Waals surface area contributed by atoms with Gasteiger partial charge in [-0.3, -0.25) is 0 Å². The van der Waals surface area contributed by atoms with E-state index in [1.54, 1.807) is 6.07 Å². The lowest BCUT2D eigenvalue weighted by Crippen LogP contribution is -2.55. The monoisotopic (exact) mass is 250 g/mol. The van der Waals surface area contributed by atoms with Crippen LogP contribution in [0.4, 0.5) is 4.39 Å². The second-order valence-corrected chi connectivity index (χ2v) is 5.51. The number of benzene rings is 1. The van der Waals surface area contributed by atoms with E-state index in [4.69, 9.17) is 10.5 Å². The molecule has 3 nitrogen and oxygen atoms in total. The minimum absolute atomic E-state index is 0.134. The molecule has 3 N–H and O–H groups in total. The highest BCUT2D eigenvalue weighted by molar-refractivity contribution is 5.39. The Morgan fingerprint density at radius 2 is 2.33 bits per heavy atom. The number of nitrogens with one attached hydrogen (secondary N) is 1. The van der Waals surface area contributed by atoms with E-state index in [1.807, 2.05) is 0 Å². The van der Waals surface area contributed by atoms with Crippen molar-refractivity contribution in [3.8, 4) is 5.75 Å². The molecule has 0 saturated carbocycles. The first-order chi connectivity index (χ1) is 8.61. The Kier molecular flexibility index (Phi) is 2.79. The van der Waals surface area contributed by atoms with Gasteiger partial charge in [-0.05, 0) is 31.2 Å². The van der Waals surface area contributed by atoms with E-state index in [2.05, 4.69) is 12.2 Å². The minimum Gasteiger partial charge on any atom is -0.486 e. The van der Waals surface area contributed by atoms with Gasteiger partial charge in [0.2, 0.25) is 0 Å². The minimum atomic E-state index is -0.248. The molecule has 18 heavy (non-hydrogen) atoms. The van der Waals surface area contributed by atoms with Crippen molar-refractivity contribution >= 4 is 0 Å². The third-order valence-electron chi connectivity index (χ3n) is 4.32. The predicted molar refractivity (Wildman–Crippen MR) is 68.0 cm³/mol. The normalized spacial score (nSPS) is 35.1. The molecule has 1 spiro atoms. The van der Waals surface area contributed by atoms with Crippen LogP contribution in [0.1, 0.15) is 31.4 Å². The van der Waals surface area contributed by atoms with Crippen LogP contribution < -0.4 is 15.8 Å². The molecule has 0 bridgehead atoms. The summed E-state index contributed by atoms with van der Waals surface area (Å²) in [6.45, 7) is 4.09. The number of hydrogen-bond acceptors (Lipinski definition) is 3. The van der Waals surface area contributed by atoms with E-state index in [1.165, 1.54) is 12.1 Å². The summed E-state index contributed by atoms with van der Waals surface area (Å²) >= 11 is 0. The van der Waals surface area contributed by atoms with Gasteiger partial charge in [0.15, 0.2) is 0 Å². The van der Waals surface area contributed by atoms with Crippen LogP contribution in [0, 0.1) is 11.7 Å². The zero-order valence-electron chi connectivity index (χ0n) is 10.6. The Morgan fingerprint density at radius 1 is 1.50 bits per heavy atom. The molecule has 3 rings (SSSR count). The maximum absolute atomic E-state index is 13.3. The van der Waals surface area contributed by atoms with E-state index in [0.717, 1.165) is 37.2 Å². The summed E-state index contributed by atoms with van der Waals surface area (Å²) in [5.74, 6) is 0.918. The first-order valence-electron chi connectivity index (χ1n) is 6.55. The number of piperidine rings is 1. The Balaban J connectivity index is 1.98. The maximum Gasteiger partial charge on any atom is 0.125 e. The number of fused-ring (bicyclic) bond motifs is 1. The molecule has 3 atom stereocenters. The van der Waals surface area contributed by atoms with Gasteiger partial charge in [0.05, 0.1) is 0 Å². The lowest BCUT2D eigenvalue weighted by atomic mass is 9.75. The molecule has 2 unspecified atom stereocenters. The highest BCUT2D eigenvalue weighted by Gasteiger charge is 2.45. The van der Waals surface area contributed by atoms with Gasteiger partial charge >= 0.3 is 0 Å². The van der Waals surface area contributed by atoms with Crippen molar-refractivity contribution < 1.29 is 9.13 Å². The highest BCUT2D eigenvalue weighted by atomic mass is 19.1. The Bertz CT molecular complexity index is 465. The number of nitrogens with two attached hydrogens (primary N) is 1. The molecule has 0 radical (unpaired) electrons. The molecule has 2 heterocycles. The molecule has 4 heteroatoms. The molecular formula is C14H19FN2O. The lowest BCUT2D eigenvalue weighted by molar-refractivity contribution is -0.0336. The van der Waals surface area contributed by atoms with Gasteiger partial charge in [-0.25, -0.2) is 4.39 Å². The SMILES string of the molecule is CC1CNCCC12C[C@H](N)c1cc(F)ccc1O2. The standard InChI is InChI=1S/C14H19FN2O/c1-9-8-17-5-4-14(9)7-12(16)11-6-10(15)2-3-13(11)18-14/h2-3,6,9,12,17H,4-5,7-8,16H2,1H3/t9?,12-,14?/m0/s1. The highest BCUT2D eigenvalue weighted by Crippen LogP contribution is 2.44. The second-order valence-electron chi connectivity index (χ2n) is 5.51. The quantitative estimate of drug-likeness (QED) is 0.740. The van der Waals surface area contributed by atoms with Crippen molar-refractivity contribution in [3.63, 3.8) is 0 Å². The summed E-state index contributed by atoms with van der Waals surface area (Å²) in [6.07, 6.45) is 1.73. The summed E-state index contributed by atoms with van der Waals surface area (Å²) in [6, 6.07) is 4.51. The number of halogens is 1. The van der Waals surface area contributed by atoms with Crippen molar-refractivity contribution in [1.29, 1.82) is 0 Å². The van der Waals surface area contributed by atoms with Gasteiger partial charge in [-0.2, -0.15) is 0 Å². The van der Waals surface area contributed by atoms with E-state index in [-0.39, 0.29) is 17.5 Å². The fourth-order valence-electron chi connectivity index (χ4n) is 3.15. The first kappa shape index (κ1) is 11.9. The molecule has 98 valence electrons. The third kappa shape index (κ3) is 1.80. The molecule has 2 aliphatic rings. The summed E-state index contributed by atoms with van der Waals surface area (Å²) in [5.41, 5.74) is 6.83. The predicted octanol–water partition coefficient (Wildman–Crippen LogP) is 1.98. The molecule has 1 aromatic rings. The van der Waals surface area contributed by atoms with E-state index in [0.29, 0.717) is 5.92 Å². The largest absolute Gasteiger partial charge is 0.486 e. The smallest absolute Gasteiger partial charge is 0.125 e. The first-order valence-corrected chi connectivity index (χ1v) is 6.55. The fourth-order valence-corrected chi connectivity index (χ4v) is 3.15. The van der Waals surface area contributed by atoms with Crippen LogP contribution in [0.5, 0.6) is 5.75 Å². The van der Waals surface area contributed by atoms with Crippen molar-refractivity contribution in [2.45, 2.75) is 31.4 Å². The summed E-state index contributed by atoms with van der Waals surface area (Å²) in [7, 11) is 0. The lowest BCUT2D eigenvalue weighted by Gasteiger charge is -2.47. The fraction of sp³-hybridized carbons (Fsp3) is 0.571. The summed E-state index contributed by atoms with van der Waals surface area (Å²) in [5, 5.41) is 3.37. The zero-order valence-corrected chi connectivity index (χ0v) is 10.6. The van der Waals surface area contributed by atoms with Crippen molar-refractivity contribution in [3.05, 3.63) is 29.6 Å².